The van der Waals surface area contributed by atoms with Gasteiger partial charge in [0.15, 0.2) is 0 Å². The van der Waals surface area contributed by atoms with Crippen molar-refractivity contribution in [1.82, 2.24) is 25.0 Å². The van der Waals surface area contributed by atoms with Gasteiger partial charge in [-0.3, -0.25) is 0 Å². The molecule has 2 unspecified atom stereocenters. The van der Waals surface area contributed by atoms with Crippen molar-refractivity contribution in [3.05, 3.63) is 12.2 Å². The maximum absolute atomic E-state index is 4.37. The van der Waals surface area contributed by atoms with E-state index in [1.807, 2.05) is 4.68 Å². The van der Waals surface area contributed by atoms with Gasteiger partial charge in [0, 0.05) is 18.6 Å². The second kappa shape index (κ2) is 6.48. The number of likely N-dealkylation sites (tertiary alicyclic amines) is 1. The molecule has 0 spiro atoms. The highest BCUT2D eigenvalue weighted by molar-refractivity contribution is 4.88. The minimum absolute atomic E-state index is 0.601. The minimum atomic E-state index is 0.601. The van der Waals surface area contributed by atoms with Gasteiger partial charge in [-0.1, -0.05) is 13.8 Å². The molecule has 2 atom stereocenters. The summed E-state index contributed by atoms with van der Waals surface area (Å²) in [6, 6.07) is 1.27. The van der Waals surface area contributed by atoms with E-state index in [0.29, 0.717) is 18.0 Å². The van der Waals surface area contributed by atoms with Crippen LogP contribution in [0.15, 0.2) is 6.33 Å². The Balaban J connectivity index is 1.84. The molecule has 5 heteroatoms. The first kappa shape index (κ1) is 14.5. The SMILES string of the molecule is CC(C)Cn1ncnc1CNC1CCN(C)C(C)C1. The molecule has 19 heavy (non-hydrogen) atoms. The summed E-state index contributed by atoms with van der Waals surface area (Å²) in [6.07, 6.45) is 4.10. The fraction of sp³-hybridized carbons (Fsp3) is 0.857. The molecule has 0 radical (unpaired) electrons. The first-order valence-corrected chi connectivity index (χ1v) is 7.36. The van der Waals surface area contributed by atoms with Gasteiger partial charge in [0.05, 0.1) is 6.54 Å². The fourth-order valence-electron chi connectivity index (χ4n) is 2.63. The fourth-order valence-corrected chi connectivity index (χ4v) is 2.63. The van der Waals surface area contributed by atoms with Crippen molar-refractivity contribution in [3.63, 3.8) is 0 Å². The molecule has 0 aromatic carbocycles. The molecular formula is C14H27N5. The minimum Gasteiger partial charge on any atom is -0.307 e. The van der Waals surface area contributed by atoms with Gasteiger partial charge in [-0.05, 0) is 39.3 Å². The largest absolute Gasteiger partial charge is 0.307 e. The lowest BCUT2D eigenvalue weighted by atomic mass is 9.99. The third kappa shape index (κ3) is 4.01. The van der Waals surface area contributed by atoms with Crippen molar-refractivity contribution in [3.8, 4) is 0 Å². The summed E-state index contributed by atoms with van der Waals surface area (Å²) in [5.74, 6) is 1.66. The Hall–Kier alpha value is -0.940. The van der Waals surface area contributed by atoms with E-state index in [0.717, 1.165) is 18.9 Å². The third-order valence-electron chi connectivity index (χ3n) is 3.99. The van der Waals surface area contributed by atoms with Crippen LogP contribution < -0.4 is 5.32 Å². The molecule has 5 nitrogen and oxygen atoms in total. The highest BCUT2D eigenvalue weighted by Gasteiger charge is 2.22. The maximum Gasteiger partial charge on any atom is 0.140 e. The van der Waals surface area contributed by atoms with Crippen LogP contribution in [0.2, 0.25) is 0 Å². The van der Waals surface area contributed by atoms with E-state index in [-0.39, 0.29) is 0 Å². The van der Waals surface area contributed by atoms with Crippen molar-refractivity contribution < 1.29 is 0 Å². The molecule has 1 N–H and O–H groups in total. The maximum atomic E-state index is 4.37. The van der Waals surface area contributed by atoms with Crippen LogP contribution in [-0.4, -0.2) is 45.3 Å². The Morgan fingerprint density at radius 3 is 2.95 bits per heavy atom. The van der Waals surface area contributed by atoms with E-state index in [1.165, 1.54) is 19.4 Å². The molecule has 1 aromatic heterocycles. The molecule has 1 aromatic rings. The van der Waals surface area contributed by atoms with Gasteiger partial charge < -0.3 is 10.2 Å². The molecule has 1 aliphatic rings. The zero-order valence-corrected chi connectivity index (χ0v) is 12.6. The molecule has 2 rings (SSSR count). The zero-order chi connectivity index (χ0) is 13.8. The third-order valence-corrected chi connectivity index (χ3v) is 3.99. The summed E-state index contributed by atoms with van der Waals surface area (Å²) in [4.78, 5) is 6.80. The number of aromatic nitrogens is 3. The van der Waals surface area contributed by atoms with Gasteiger partial charge in [-0.15, -0.1) is 0 Å². The van der Waals surface area contributed by atoms with Crippen LogP contribution in [0.25, 0.3) is 0 Å². The van der Waals surface area contributed by atoms with Gasteiger partial charge >= 0.3 is 0 Å². The number of rotatable bonds is 5. The predicted octanol–water partition coefficient (Wildman–Crippen LogP) is 1.51. The van der Waals surface area contributed by atoms with Gasteiger partial charge in [0.1, 0.15) is 12.2 Å². The normalized spacial score (nSPS) is 25.1. The van der Waals surface area contributed by atoms with Crippen molar-refractivity contribution in [2.75, 3.05) is 13.6 Å². The highest BCUT2D eigenvalue weighted by atomic mass is 15.3. The zero-order valence-electron chi connectivity index (χ0n) is 12.6. The number of nitrogens with zero attached hydrogens (tertiary/aromatic N) is 4. The molecule has 1 fully saturated rings. The van der Waals surface area contributed by atoms with E-state index in [2.05, 4.69) is 48.1 Å². The number of nitrogens with one attached hydrogen (secondary N) is 1. The molecule has 1 aliphatic heterocycles. The summed E-state index contributed by atoms with van der Waals surface area (Å²) >= 11 is 0. The highest BCUT2D eigenvalue weighted by Crippen LogP contribution is 2.15. The van der Waals surface area contributed by atoms with Gasteiger partial charge in [0.2, 0.25) is 0 Å². The standard InChI is InChI=1S/C14H27N5/c1-11(2)9-19-14(16-10-17-19)8-15-13-5-6-18(4)12(3)7-13/h10-13,15H,5-9H2,1-4H3. The molecule has 0 saturated carbocycles. The first-order chi connectivity index (χ1) is 9.06. The monoisotopic (exact) mass is 265 g/mol. The number of hydrogen-bond acceptors (Lipinski definition) is 4. The Morgan fingerprint density at radius 1 is 1.47 bits per heavy atom. The van der Waals surface area contributed by atoms with Crippen molar-refractivity contribution in [1.29, 1.82) is 0 Å². The van der Waals surface area contributed by atoms with Crippen LogP contribution in [-0.2, 0) is 13.1 Å². The van der Waals surface area contributed by atoms with E-state index >= 15 is 0 Å². The molecular weight excluding hydrogens is 238 g/mol. The molecule has 0 amide bonds. The predicted molar refractivity (Wildman–Crippen MR) is 76.8 cm³/mol. The first-order valence-electron chi connectivity index (χ1n) is 7.36. The average molecular weight is 265 g/mol. The molecule has 1 saturated heterocycles. The summed E-state index contributed by atoms with van der Waals surface area (Å²) in [6.45, 7) is 9.66. The quantitative estimate of drug-likeness (QED) is 0.876. The molecule has 0 aliphatic carbocycles. The number of piperidine rings is 1. The molecule has 2 heterocycles. The number of hydrogen-bond donors (Lipinski definition) is 1. The lowest BCUT2D eigenvalue weighted by Gasteiger charge is -2.35. The van der Waals surface area contributed by atoms with Crippen LogP contribution in [0.5, 0.6) is 0 Å². The van der Waals surface area contributed by atoms with E-state index in [1.54, 1.807) is 6.33 Å². The van der Waals surface area contributed by atoms with Crippen molar-refractivity contribution >= 4 is 0 Å². The van der Waals surface area contributed by atoms with Crippen molar-refractivity contribution in [2.24, 2.45) is 5.92 Å². The Morgan fingerprint density at radius 2 is 2.26 bits per heavy atom. The average Bonchev–Trinajstić information content (AvgIpc) is 2.77. The molecule has 108 valence electrons. The van der Waals surface area contributed by atoms with E-state index in [9.17, 15) is 0 Å². The van der Waals surface area contributed by atoms with Crippen LogP contribution >= 0.6 is 0 Å². The van der Waals surface area contributed by atoms with Crippen molar-refractivity contribution in [2.45, 2.75) is 58.8 Å². The Bertz CT molecular complexity index is 387. The smallest absolute Gasteiger partial charge is 0.140 e. The summed E-state index contributed by atoms with van der Waals surface area (Å²) in [7, 11) is 2.21. The van der Waals surface area contributed by atoms with Crippen LogP contribution in [0.1, 0.15) is 39.4 Å². The Labute approximate surface area is 116 Å². The summed E-state index contributed by atoms with van der Waals surface area (Å²) in [5.41, 5.74) is 0. The second-order valence-corrected chi connectivity index (χ2v) is 6.18. The van der Waals surface area contributed by atoms with Gasteiger partial charge in [-0.2, -0.15) is 5.10 Å². The van der Waals surface area contributed by atoms with Crippen LogP contribution in [0, 0.1) is 5.92 Å². The lowest BCUT2D eigenvalue weighted by Crippen LogP contribution is -2.45. The van der Waals surface area contributed by atoms with Crippen LogP contribution in [0.3, 0.4) is 0 Å². The lowest BCUT2D eigenvalue weighted by molar-refractivity contribution is 0.167. The van der Waals surface area contributed by atoms with E-state index < -0.39 is 0 Å². The van der Waals surface area contributed by atoms with Crippen LogP contribution in [0.4, 0.5) is 0 Å². The molecule has 0 bridgehead atoms. The van der Waals surface area contributed by atoms with E-state index in [4.69, 9.17) is 0 Å². The second-order valence-electron chi connectivity index (χ2n) is 6.18. The topological polar surface area (TPSA) is 46.0 Å². The van der Waals surface area contributed by atoms with Gasteiger partial charge in [-0.25, -0.2) is 9.67 Å². The summed E-state index contributed by atoms with van der Waals surface area (Å²) < 4.78 is 2.02. The van der Waals surface area contributed by atoms with Gasteiger partial charge in [0.25, 0.3) is 0 Å². The summed E-state index contributed by atoms with van der Waals surface area (Å²) in [5, 5.41) is 7.94. The Kier molecular flexibility index (Phi) is 4.93.